The van der Waals surface area contributed by atoms with Crippen molar-refractivity contribution < 1.29 is 0 Å². The first-order chi connectivity index (χ1) is 6.29. The van der Waals surface area contributed by atoms with Crippen LogP contribution in [-0.2, 0) is 0 Å². The van der Waals surface area contributed by atoms with E-state index in [0.717, 1.165) is 23.2 Å². The Morgan fingerprint density at radius 2 is 2.38 bits per heavy atom. The molecule has 1 aromatic heterocycles. The lowest BCUT2D eigenvalue weighted by molar-refractivity contribution is 0.865. The Morgan fingerprint density at radius 3 is 2.92 bits per heavy atom. The molecule has 0 unspecified atom stereocenters. The maximum Gasteiger partial charge on any atom is 0.0592 e. The molecule has 0 N–H and O–H groups in total. The molecule has 4 heteroatoms. The van der Waals surface area contributed by atoms with Gasteiger partial charge in [-0.3, -0.25) is 4.98 Å². The second-order valence-corrected chi connectivity index (χ2v) is 3.83. The largest absolute Gasteiger partial charge is 0.370 e. The third-order valence-electron chi connectivity index (χ3n) is 1.83. The number of nitrogens with zero attached hydrogens (tertiary/aromatic N) is 2. The fraction of sp³-hybridized carbons (Fsp3) is 0.444. The van der Waals surface area contributed by atoms with Crippen molar-refractivity contribution in [3.05, 3.63) is 22.9 Å². The summed E-state index contributed by atoms with van der Waals surface area (Å²) in [5.74, 6) is 0.641. The van der Waals surface area contributed by atoms with Gasteiger partial charge in [-0.05, 0) is 28.9 Å². The van der Waals surface area contributed by atoms with Gasteiger partial charge >= 0.3 is 0 Å². The van der Waals surface area contributed by atoms with Gasteiger partial charge in [0.1, 0.15) is 0 Å². The van der Waals surface area contributed by atoms with Gasteiger partial charge in [0.05, 0.1) is 10.2 Å². The molecule has 0 aliphatic heterocycles. The predicted molar refractivity (Wildman–Crippen MR) is 60.5 cm³/mol. The van der Waals surface area contributed by atoms with E-state index in [2.05, 4.69) is 32.7 Å². The molecular weight excluding hydrogens is 251 g/mol. The third kappa shape index (κ3) is 2.85. The van der Waals surface area contributed by atoms with E-state index in [1.165, 1.54) is 0 Å². The van der Waals surface area contributed by atoms with Crippen molar-refractivity contribution >= 4 is 33.2 Å². The molecule has 0 aliphatic carbocycles. The summed E-state index contributed by atoms with van der Waals surface area (Å²) in [4.78, 5) is 6.22. The van der Waals surface area contributed by atoms with Crippen molar-refractivity contribution in [1.29, 1.82) is 0 Å². The molecule has 1 aromatic rings. The van der Waals surface area contributed by atoms with Gasteiger partial charge in [0.25, 0.3) is 0 Å². The maximum atomic E-state index is 5.70. The number of alkyl halides is 1. The maximum absolute atomic E-state index is 5.70. The van der Waals surface area contributed by atoms with Crippen molar-refractivity contribution in [3.63, 3.8) is 0 Å². The Hall–Kier alpha value is -0.280. The Kier molecular flexibility index (Phi) is 4.53. The smallest absolute Gasteiger partial charge is 0.0592 e. The van der Waals surface area contributed by atoms with Crippen LogP contribution in [0.15, 0.2) is 22.9 Å². The topological polar surface area (TPSA) is 16.1 Å². The van der Waals surface area contributed by atoms with Crippen LogP contribution in [0.1, 0.15) is 6.92 Å². The summed E-state index contributed by atoms with van der Waals surface area (Å²) in [6.07, 6.45) is 3.59. The summed E-state index contributed by atoms with van der Waals surface area (Å²) < 4.78 is 1.02. The summed E-state index contributed by atoms with van der Waals surface area (Å²) >= 11 is 9.17. The molecule has 0 saturated heterocycles. The number of anilines is 1. The zero-order chi connectivity index (χ0) is 9.68. The van der Waals surface area contributed by atoms with Gasteiger partial charge in [-0.1, -0.05) is 0 Å². The zero-order valence-corrected chi connectivity index (χ0v) is 9.85. The van der Waals surface area contributed by atoms with Crippen LogP contribution in [0.5, 0.6) is 0 Å². The number of aromatic nitrogens is 1. The highest BCUT2D eigenvalue weighted by Gasteiger charge is 2.06. The summed E-state index contributed by atoms with van der Waals surface area (Å²) in [5, 5.41) is 0. The Morgan fingerprint density at radius 1 is 1.62 bits per heavy atom. The molecule has 1 heterocycles. The number of rotatable bonds is 4. The minimum atomic E-state index is 0.641. The highest BCUT2D eigenvalue weighted by atomic mass is 79.9. The van der Waals surface area contributed by atoms with Gasteiger partial charge in [-0.25, -0.2) is 0 Å². The van der Waals surface area contributed by atoms with Crippen LogP contribution in [0.4, 0.5) is 5.69 Å². The van der Waals surface area contributed by atoms with Crippen LogP contribution in [-0.4, -0.2) is 24.0 Å². The summed E-state index contributed by atoms with van der Waals surface area (Å²) in [5.41, 5.74) is 1.15. The lowest BCUT2D eigenvalue weighted by Gasteiger charge is -2.22. The molecule has 0 atom stereocenters. The minimum absolute atomic E-state index is 0.641. The molecule has 0 spiro atoms. The van der Waals surface area contributed by atoms with Crippen LogP contribution in [0, 0.1) is 0 Å². The Balaban J connectivity index is 2.84. The predicted octanol–water partition coefficient (Wildman–Crippen LogP) is 2.91. The average molecular weight is 264 g/mol. The van der Waals surface area contributed by atoms with Gasteiger partial charge in [0.15, 0.2) is 0 Å². The van der Waals surface area contributed by atoms with Gasteiger partial charge in [0, 0.05) is 31.4 Å². The molecule has 0 saturated carbocycles. The normalized spacial score (nSPS) is 10.1. The highest BCUT2D eigenvalue weighted by Crippen LogP contribution is 2.24. The van der Waals surface area contributed by atoms with Crippen molar-refractivity contribution in [2.24, 2.45) is 0 Å². The van der Waals surface area contributed by atoms with E-state index < -0.39 is 0 Å². The first-order valence-corrected chi connectivity index (χ1v) is 5.52. The monoisotopic (exact) mass is 262 g/mol. The van der Waals surface area contributed by atoms with Crippen LogP contribution in [0.25, 0.3) is 0 Å². The van der Waals surface area contributed by atoms with E-state index in [9.17, 15) is 0 Å². The zero-order valence-electron chi connectivity index (χ0n) is 7.50. The van der Waals surface area contributed by atoms with Crippen molar-refractivity contribution in [2.75, 3.05) is 23.9 Å². The fourth-order valence-corrected chi connectivity index (χ4v) is 1.88. The number of hydrogen-bond donors (Lipinski definition) is 0. The first kappa shape index (κ1) is 10.8. The summed E-state index contributed by atoms with van der Waals surface area (Å²) in [6.45, 7) is 3.93. The van der Waals surface area contributed by atoms with Crippen molar-refractivity contribution in [3.8, 4) is 0 Å². The van der Waals surface area contributed by atoms with E-state index in [0.29, 0.717) is 5.88 Å². The van der Waals surface area contributed by atoms with Crippen LogP contribution in [0.2, 0.25) is 0 Å². The molecule has 0 bridgehead atoms. The molecule has 1 rings (SSSR count). The highest BCUT2D eigenvalue weighted by molar-refractivity contribution is 9.10. The van der Waals surface area contributed by atoms with Crippen LogP contribution >= 0.6 is 27.5 Å². The molecule has 2 nitrogen and oxygen atoms in total. The Bertz CT molecular complexity index is 268. The molecule has 0 radical (unpaired) electrons. The Labute approximate surface area is 92.0 Å². The third-order valence-corrected chi connectivity index (χ3v) is 2.61. The van der Waals surface area contributed by atoms with Gasteiger partial charge in [-0.15, -0.1) is 11.6 Å². The summed E-state index contributed by atoms with van der Waals surface area (Å²) in [6, 6.07) is 1.99. The van der Waals surface area contributed by atoms with Gasteiger partial charge in [0.2, 0.25) is 0 Å². The molecule has 72 valence electrons. The van der Waals surface area contributed by atoms with Gasteiger partial charge < -0.3 is 4.90 Å². The fourth-order valence-electron chi connectivity index (χ4n) is 1.18. The number of pyridine rings is 1. The molecule has 0 fully saturated rings. The van der Waals surface area contributed by atoms with Gasteiger partial charge in [-0.2, -0.15) is 0 Å². The lowest BCUT2D eigenvalue weighted by atomic mass is 10.3. The van der Waals surface area contributed by atoms with Crippen LogP contribution < -0.4 is 4.90 Å². The molecule has 0 amide bonds. The second kappa shape index (κ2) is 5.45. The second-order valence-electron chi connectivity index (χ2n) is 2.60. The summed E-state index contributed by atoms with van der Waals surface area (Å²) in [7, 11) is 0. The van der Waals surface area contributed by atoms with Crippen molar-refractivity contribution in [1.82, 2.24) is 4.98 Å². The molecule has 0 aromatic carbocycles. The minimum Gasteiger partial charge on any atom is -0.370 e. The van der Waals surface area contributed by atoms with E-state index in [4.69, 9.17) is 11.6 Å². The van der Waals surface area contributed by atoms with E-state index >= 15 is 0 Å². The van der Waals surface area contributed by atoms with Crippen LogP contribution in [0.3, 0.4) is 0 Å². The first-order valence-electron chi connectivity index (χ1n) is 4.20. The molecular formula is C9H12BrClN2. The van der Waals surface area contributed by atoms with Crippen molar-refractivity contribution in [2.45, 2.75) is 6.92 Å². The van der Waals surface area contributed by atoms with E-state index in [1.807, 2.05) is 6.07 Å². The number of hydrogen-bond acceptors (Lipinski definition) is 2. The average Bonchev–Trinajstić information content (AvgIpc) is 2.16. The standard InChI is InChI=1S/C9H12BrClN2/c1-2-13(6-4-11)9-3-5-12-7-8(9)10/h3,5,7H,2,4,6H2,1H3. The van der Waals surface area contributed by atoms with E-state index in [-0.39, 0.29) is 0 Å². The molecule has 0 aliphatic rings. The molecule has 13 heavy (non-hydrogen) atoms. The quantitative estimate of drug-likeness (QED) is 0.777. The lowest BCUT2D eigenvalue weighted by Crippen LogP contribution is -2.25. The number of halogens is 2. The SMILES string of the molecule is CCN(CCCl)c1ccncc1Br. The van der Waals surface area contributed by atoms with E-state index in [1.54, 1.807) is 12.4 Å².